The minimum atomic E-state index is -0.145. The molecule has 3 rings (SSSR count). The number of methoxy groups -OCH3 is 1. The van der Waals surface area contributed by atoms with Crippen LogP contribution < -0.4 is 5.32 Å². The Labute approximate surface area is 112 Å². The first-order valence-electron chi connectivity index (χ1n) is 6.44. The predicted octanol–water partition coefficient (Wildman–Crippen LogP) is 2.16. The highest BCUT2D eigenvalue weighted by Gasteiger charge is 2.25. The van der Waals surface area contributed by atoms with Gasteiger partial charge in [0, 0.05) is 13.7 Å². The molecular weight excluding hydrogens is 242 g/mol. The first-order chi connectivity index (χ1) is 9.28. The summed E-state index contributed by atoms with van der Waals surface area (Å²) in [6, 6.07) is 8.50. The first-order valence-corrected chi connectivity index (χ1v) is 6.44. The van der Waals surface area contributed by atoms with E-state index >= 15 is 0 Å². The molecule has 1 unspecified atom stereocenters. The van der Waals surface area contributed by atoms with Crippen molar-refractivity contribution in [3.05, 3.63) is 47.1 Å². The van der Waals surface area contributed by atoms with Crippen LogP contribution in [0.2, 0.25) is 0 Å². The van der Waals surface area contributed by atoms with Crippen molar-refractivity contribution in [2.24, 2.45) is 0 Å². The molecule has 2 aromatic rings. The SMILES string of the molecule is COC(C)c1noc([C@@H]2Cc3ccccc3CN2)n1. The van der Waals surface area contributed by atoms with E-state index < -0.39 is 0 Å². The quantitative estimate of drug-likeness (QED) is 0.915. The number of rotatable bonds is 3. The third-order valence-corrected chi connectivity index (χ3v) is 3.55. The molecule has 100 valence electrons. The molecule has 1 aliphatic heterocycles. The molecule has 0 saturated heterocycles. The maximum atomic E-state index is 5.34. The van der Waals surface area contributed by atoms with Crippen LogP contribution in [0.4, 0.5) is 0 Å². The largest absolute Gasteiger partial charge is 0.374 e. The molecule has 0 fully saturated rings. The monoisotopic (exact) mass is 259 g/mol. The topological polar surface area (TPSA) is 60.2 Å². The number of benzene rings is 1. The Kier molecular flexibility index (Phi) is 3.31. The summed E-state index contributed by atoms with van der Waals surface area (Å²) < 4.78 is 10.5. The van der Waals surface area contributed by atoms with E-state index in [-0.39, 0.29) is 12.1 Å². The van der Waals surface area contributed by atoms with E-state index in [1.54, 1.807) is 7.11 Å². The molecule has 0 aliphatic carbocycles. The number of aromatic nitrogens is 2. The van der Waals surface area contributed by atoms with Crippen LogP contribution in [0.5, 0.6) is 0 Å². The highest BCUT2D eigenvalue weighted by Crippen LogP contribution is 2.25. The van der Waals surface area contributed by atoms with E-state index in [2.05, 4.69) is 39.7 Å². The van der Waals surface area contributed by atoms with Crippen molar-refractivity contribution in [2.45, 2.75) is 32.0 Å². The van der Waals surface area contributed by atoms with Gasteiger partial charge >= 0.3 is 0 Å². The van der Waals surface area contributed by atoms with Crippen molar-refractivity contribution in [1.82, 2.24) is 15.5 Å². The maximum Gasteiger partial charge on any atom is 0.244 e. The second-order valence-corrected chi connectivity index (χ2v) is 4.78. The van der Waals surface area contributed by atoms with Crippen LogP contribution in [-0.2, 0) is 17.7 Å². The number of ether oxygens (including phenoxy) is 1. The highest BCUT2D eigenvalue weighted by molar-refractivity contribution is 5.30. The Balaban J connectivity index is 1.79. The summed E-state index contributed by atoms with van der Waals surface area (Å²) in [4.78, 5) is 4.41. The molecule has 0 amide bonds. The van der Waals surface area contributed by atoms with Gasteiger partial charge in [0.2, 0.25) is 5.89 Å². The number of fused-ring (bicyclic) bond motifs is 1. The van der Waals surface area contributed by atoms with Gasteiger partial charge in [-0.05, 0) is 24.5 Å². The van der Waals surface area contributed by atoms with E-state index in [4.69, 9.17) is 9.26 Å². The fourth-order valence-electron chi connectivity index (χ4n) is 2.29. The lowest BCUT2D eigenvalue weighted by atomic mass is 9.96. The fraction of sp³-hybridized carbons (Fsp3) is 0.429. The molecule has 2 atom stereocenters. The van der Waals surface area contributed by atoms with Gasteiger partial charge in [-0.3, -0.25) is 0 Å². The lowest BCUT2D eigenvalue weighted by molar-refractivity contribution is 0.109. The third-order valence-electron chi connectivity index (χ3n) is 3.55. The van der Waals surface area contributed by atoms with Crippen molar-refractivity contribution in [2.75, 3.05) is 7.11 Å². The summed E-state index contributed by atoms with van der Waals surface area (Å²) >= 11 is 0. The van der Waals surface area contributed by atoms with Crippen LogP contribution >= 0.6 is 0 Å². The average Bonchev–Trinajstić information content (AvgIpc) is 2.95. The molecule has 19 heavy (non-hydrogen) atoms. The minimum Gasteiger partial charge on any atom is -0.374 e. The van der Waals surface area contributed by atoms with Gasteiger partial charge in [-0.15, -0.1) is 0 Å². The van der Waals surface area contributed by atoms with Gasteiger partial charge in [-0.1, -0.05) is 29.4 Å². The van der Waals surface area contributed by atoms with Gasteiger partial charge in [0.05, 0.1) is 6.04 Å². The first kappa shape index (κ1) is 12.3. The Morgan fingerprint density at radius 2 is 2.16 bits per heavy atom. The number of hydrogen-bond donors (Lipinski definition) is 1. The fourth-order valence-corrected chi connectivity index (χ4v) is 2.29. The molecule has 1 aromatic heterocycles. The summed E-state index contributed by atoms with van der Waals surface area (Å²) in [6.45, 7) is 2.73. The summed E-state index contributed by atoms with van der Waals surface area (Å²) in [6.07, 6.45) is 0.729. The zero-order valence-corrected chi connectivity index (χ0v) is 11.1. The summed E-state index contributed by atoms with van der Waals surface area (Å²) in [5.41, 5.74) is 2.68. The molecule has 2 heterocycles. The van der Waals surface area contributed by atoms with Gasteiger partial charge in [-0.25, -0.2) is 0 Å². The number of nitrogens with one attached hydrogen (secondary N) is 1. The zero-order chi connectivity index (χ0) is 13.2. The van der Waals surface area contributed by atoms with Crippen LogP contribution in [0.3, 0.4) is 0 Å². The van der Waals surface area contributed by atoms with E-state index in [9.17, 15) is 0 Å². The van der Waals surface area contributed by atoms with Crippen LogP contribution in [0.15, 0.2) is 28.8 Å². The Morgan fingerprint density at radius 3 is 2.95 bits per heavy atom. The molecule has 0 radical (unpaired) electrons. The Bertz CT molecular complexity index is 567. The summed E-state index contributed by atoms with van der Waals surface area (Å²) in [5, 5.41) is 7.39. The van der Waals surface area contributed by atoms with Crippen molar-refractivity contribution < 1.29 is 9.26 Å². The molecule has 0 spiro atoms. The Morgan fingerprint density at radius 1 is 1.37 bits per heavy atom. The van der Waals surface area contributed by atoms with Crippen molar-refractivity contribution in [1.29, 1.82) is 0 Å². The van der Waals surface area contributed by atoms with Gasteiger partial charge in [-0.2, -0.15) is 4.98 Å². The number of hydrogen-bond acceptors (Lipinski definition) is 5. The molecule has 5 nitrogen and oxygen atoms in total. The smallest absolute Gasteiger partial charge is 0.244 e. The van der Waals surface area contributed by atoms with Gasteiger partial charge < -0.3 is 14.6 Å². The van der Waals surface area contributed by atoms with E-state index in [1.165, 1.54) is 11.1 Å². The van der Waals surface area contributed by atoms with Crippen LogP contribution in [0, 0.1) is 0 Å². The molecule has 0 saturated carbocycles. The second kappa shape index (κ2) is 5.11. The molecule has 1 aliphatic rings. The molecule has 1 N–H and O–H groups in total. The molecular formula is C14H17N3O2. The van der Waals surface area contributed by atoms with Crippen molar-refractivity contribution in [3.63, 3.8) is 0 Å². The van der Waals surface area contributed by atoms with Crippen molar-refractivity contribution in [3.8, 4) is 0 Å². The number of nitrogens with zero attached hydrogens (tertiary/aromatic N) is 2. The predicted molar refractivity (Wildman–Crippen MR) is 69.4 cm³/mol. The summed E-state index contributed by atoms with van der Waals surface area (Å²) in [7, 11) is 1.63. The lowest BCUT2D eigenvalue weighted by Crippen LogP contribution is -2.28. The van der Waals surface area contributed by atoms with Gasteiger partial charge in [0.25, 0.3) is 0 Å². The second-order valence-electron chi connectivity index (χ2n) is 4.78. The average molecular weight is 259 g/mol. The lowest BCUT2D eigenvalue weighted by Gasteiger charge is -2.23. The zero-order valence-electron chi connectivity index (χ0n) is 11.1. The van der Waals surface area contributed by atoms with E-state index in [0.717, 1.165) is 13.0 Å². The normalized spacial score (nSPS) is 20.0. The minimum absolute atomic E-state index is 0.0835. The van der Waals surface area contributed by atoms with Crippen LogP contribution in [0.25, 0.3) is 0 Å². The summed E-state index contributed by atoms with van der Waals surface area (Å²) in [5.74, 6) is 1.23. The standard InChI is InChI=1S/C14H17N3O2/c1-9(18-2)13-16-14(19-17-13)12-7-10-5-3-4-6-11(10)8-15-12/h3-6,9,12,15H,7-8H2,1-2H3/t9?,12-/m0/s1. The Hall–Kier alpha value is -1.72. The van der Waals surface area contributed by atoms with Crippen molar-refractivity contribution >= 4 is 0 Å². The third kappa shape index (κ3) is 2.39. The van der Waals surface area contributed by atoms with E-state index in [0.29, 0.717) is 11.7 Å². The van der Waals surface area contributed by atoms with Gasteiger partial charge in [0.15, 0.2) is 5.82 Å². The molecule has 0 bridgehead atoms. The molecule has 1 aromatic carbocycles. The molecule has 5 heteroatoms. The van der Waals surface area contributed by atoms with Crippen LogP contribution in [-0.4, -0.2) is 17.3 Å². The highest BCUT2D eigenvalue weighted by atomic mass is 16.5. The van der Waals surface area contributed by atoms with E-state index in [1.807, 2.05) is 6.92 Å². The van der Waals surface area contributed by atoms with Crippen LogP contribution in [0.1, 0.15) is 41.9 Å². The maximum absolute atomic E-state index is 5.34. The van der Waals surface area contributed by atoms with Gasteiger partial charge in [0.1, 0.15) is 6.10 Å².